The molecule has 5 nitrogen and oxygen atoms in total. The van der Waals surface area contributed by atoms with E-state index in [1.165, 1.54) is 7.11 Å². The Morgan fingerprint density at radius 2 is 2.10 bits per heavy atom. The van der Waals surface area contributed by atoms with Crippen molar-refractivity contribution < 1.29 is 9.53 Å². The highest BCUT2D eigenvalue weighted by Gasteiger charge is 2.15. The fraction of sp³-hybridized carbons (Fsp3) is 0.125. The molecule has 0 bridgehead atoms. The summed E-state index contributed by atoms with van der Waals surface area (Å²) < 4.78 is 4.83. The number of ether oxygens (including phenoxy) is 1. The van der Waals surface area contributed by atoms with Crippen LogP contribution in [0.25, 0.3) is 10.9 Å². The number of benzene rings is 1. The Balaban J connectivity index is 1.94. The first-order valence-corrected chi connectivity index (χ1v) is 6.61. The van der Waals surface area contributed by atoms with Crippen LogP contribution in [-0.2, 0) is 11.3 Å². The Kier molecular flexibility index (Phi) is 3.55. The van der Waals surface area contributed by atoms with Crippen LogP contribution in [0.3, 0.4) is 0 Å². The van der Waals surface area contributed by atoms with Gasteiger partial charge in [0.25, 0.3) is 0 Å². The molecule has 2 heterocycles. The topological polar surface area (TPSA) is 67.0 Å². The minimum atomic E-state index is -0.348. The molecule has 0 saturated heterocycles. The van der Waals surface area contributed by atoms with Crippen LogP contribution < -0.4 is 5.32 Å². The summed E-state index contributed by atoms with van der Waals surface area (Å²) in [6.45, 7) is 0.660. The maximum absolute atomic E-state index is 11.8. The van der Waals surface area contributed by atoms with Crippen molar-refractivity contribution in [2.75, 3.05) is 12.4 Å². The molecule has 0 unspecified atom stereocenters. The first kappa shape index (κ1) is 13.2. The van der Waals surface area contributed by atoms with Crippen LogP contribution in [0.1, 0.15) is 15.9 Å². The van der Waals surface area contributed by atoms with Crippen LogP contribution in [0.15, 0.2) is 48.9 Å². The van der Waals surface area contributed by atoms with Crippen molar-refractivity contribution in [1.82, 2.24) is 9.97 Å². The molecule has 0 radical (unpaired) electrons. The zero-order valence-electron chi connectivity index (χ0n) is 11.6. The monoisotopic (exact) mass is 281 g/mol. The van der Waals surface area contributed by atoms with Crippen LogP contribution in [-0.4, -0.2) is 23.0 Å². The number of aromatic nitrogens is 2. The highest BCUT2D eigenvalue weighted by atomic mass is 16.5. The molecule has 3 rings (SSSR count). The van der Waals surface area contributed by atoms with E-state index in [-0.39, 0.29) is 5.97 Å². The highest BCUT2D eigenvalue weighted by Crippen LogP contribution is 2.27. The van der Waals surface area contributed by atoms with Crippen molar-refractivity contribution in [3.63, 3.8) is 0 Å². The Bertz CT molecular complexity index is 766. The SMILES string of the molecule is COC(=O)c1c[nH]c2cccc(NCc3ccncc3)c12. The van der Waals surface area contributed by atoms with Crippen molar-refractivity contribution in [3.8, 4) is 0 Å². The van der Waals surface area contributed by atoms with Crippen LogP contribution >= 0.6 is 0 Å². The maximum atomic E-state index is 11.8. The lowest BCUT2D eigenvalue weighted by Gasteiger charge is -2.09. The van der Waals surface area contributed by atoms with Gasteiger partial charge in [-0.3, -0.25) is 4.98 Å². The summed E-state index contributed by atoms with van der Waals surface area (Å²) in [7, 11) is 1.38. The zero-order valence-corrected chi connectivity index (χ0v) is 11.6. The molecule has 0 atom stereocenters. The van der Waals surface area contributed by atoms with Crippen LogP contribution in [0.5, 0.6) is 0 Å². The first-order chi connectivity index (χ1) is 10.3. The third-order valence-electron chi connectivity index (χ3n) is 3.34. The summed E-state index contributed by atoms with van der Waals surface area (Å²) >= 11 is 0. The van der Waals surface area contributed by atoms with Gasteiger partial charge in [0.2, 0.25) is 0 Å². The Labute approximate surface area is 122 Å². The number of nitrogens with one attached hydrogen (secondary N) is 2. The third-order valence-corrected chi connectivity index (χ3v) is 3.34. The largest absolute Gasteiger partial charge is 0.465 e. The van der Waals surface area contributed by atoms with E-state index in [2.05, 4.69) is 15.3 Å². The Morgan fingerprint density at radius 1 is 1.29 bits per heavy atom. The van der Waals surface area contributed by atoms with E-state index >= 15 is 0 Å². The number of methoxy groups -OCH3 is 1. The maximum Gasteiger partial charge on any atom is 0.340 e. The first-order valence-electron chi connectivity index (χ1n) is 6.61. The molecule has 0 saturated carbocycles. The average molecular weight is 281 g/mol. The van der Waals surface area contributed by atoms with Gasteiger partial charge in [-0.05, 0) is 29.8 Å². The second kappa shape index (κ2) is 5.66. The summed E-state index contributed by atoms with van der Waals surface area (Å²) in [6, 6.07) is 9.72. The number of H-pyrrole nitrogens is 1. The molecule has 0 amide bonds. The van der Waals surface area contributed by atoms with Gasteiger partial charge < -0.3 is 15.0 Å². The molecule has 5 heteroatoms. The van der Waals surface area contributed by atoms with E-state index in [9.17, 15) is 4.79 Å². The van der Waals surface area contributed by atoms with Gasteiger partial charge in [-0.15, -0.1) is 0 Å². The minimum Gasteiger partial charge on any atom is -0.465 e. The fourth-order valence-electron chi connectivity index (χ4n) is 2.30. The number of anilines is 1. The normalized spacial score (nSPS) is 10.5. The lowest BCUT2D eigenvalue weighted by atomic mass is 10.1. The number of pyridine rings is 1. The summed E-state index contributed by atoms with van der Waals surface area (Å²) in [4.78, 5) is 18.9. The minimum absolute atomic E-state index is 0.348. The molecule has 0 aliphatic rings. The molecule has 21 heavy (non-hydrogen) atoms. The molecule has 0 spiro atoms. The molecule has 2 N–H and O–H groups in total. The summed E-state index contributed by atoms with van der Waals surface area (Å²) in [6.07, 6.45) is 5.19. The summed E-state index contributed by atoms with van der Waals surface area (Å²) in [5, 5.41) is 4.20. The van der Waals surface area contributed by atoms with Crippen LogP contribution in [0, 0.1) is 0 Å². The van der Waals surface area contributed by atoms with Gasteiger partial charge >= 0.3 is 5.97 Å². The van der Waals surface area contributed by atoms with Crippen molar-refractivity contribution in [2.24, 2.45) is 0 Å². The number of esters is 1. The van der Waals surface area contributed by atoms with Gasteiger partial charge in [0, 0.05) is 41.7 Å². The predicted molar refractivity (Wildman–Crippen MR) is 81.2 cm³/mol. The molecular formula is C16H15N3O2. The molecule has 0 fully saturated rings. The van der Waals surface area contributed by atoms with E-state index < -0.39 is 0 Å². The molecule has 3 aromatic rings. The molecule has 2 aromatic heterocycles. The standard InChI is InChI=1S/C16H15N3O2/c1-21-16(20)12-10-19-14-4-2-3-13(15(12)14)18-9-11-5-7-17-8-6-11/h2-8,10,18-19H,9H2,1H3. The lowest BCUT2D eigenvalue weighted by Crippen LogP contribution is -2.03. The zero-order chi connectivity index (χ0) is 14.7. The van der Waals surface area contributed by atoms with Crippen molar-refractivity contribution in [2.45, 2.75) is 6.54 Å². The molecular weight excluding hydrogens is 266 g/mol. The van der Waals surface area contributed by atoms with E-state index in [0.29, 0.717) is 12.1 Å². The number of hydrogen-bond acceptors (Lipinski definition) is 4. The third kappa shape index (κ3) is 2.58. The van der Waals surface area contributed by atoms with Crippen molar-refractivity contribution >= 4 is 22.6 Å². The lowest BCUT2D eigenvalue weighted by molar-refractivity contribution is 0.0603. The number of hydrogen-bond donors (Lipinski definition) is 2. The molecule has 0 aliphatic carbocycles. The number of carbonyl (C=O) groups is 1. The van der Waals surface area contributed by atoms with E-state index in [0.717, 1.165) is 22.2 Å². The molecule has 0 aliphatic heterocycles. The summed E-state index contributed by atoms with van der Waals surface area (Å²) in [5.74, 6) is -0.348. The summed E-state index contributed by atoms with van der Waals surface area (Å²) in [5.41, 5.74) is 3.45. The van der Waals surface area contributed by atoms with Gasteiger partial charge in [0.05, 0.1) is 12.7 Å². The van der Waals surface area contributed by atoms with E-state index in [1.807, 2.05) is 30.3 Å². The van der Waals surface area contributed by atoms with Gasteiger partial charge in [-0.1, -0.05) is 6.07 Å². The Morgan fingerprint density at radius 3 is 2.86 bits per heavy atom. The number of carbonyl (C=O) groups excluding carboxylic acids is 1. The van der Waals surface area contributed by atoms with Crippen LogP contribution in [0.2, 0.25) is 0 Å². The average Bonchev–Trinajstić information content (AvgIpc) is 2.98. The number of rotatable bonds is 4. The number of nitrogens with zero attached hydrogens (tertiary/aromatic N) is 1. The van der Waals surface area contributed by atoms with Crippen LogP contribution in [0.4, 0.5) is 5.69 Å². The van der Waals surface area contributed by atoms with Gasteiger partial charge in [-0.25, -0.2) is 4.79 Å². The van der Waals surface area contributed by atoms with Crippen molar-refractivity contribution in [3.05, 3.63) is 60.0 Å². The highest BCUT2D eigenvalue weighted by molar-refractivity contribution is 6.09. The predicted octanol–water partition coefficient (Wildman–Crippen LogP) is 2.96. The van der Waals surface area contributed by atoms with Gasteiger partial charge in [0.1, 0.15) is 0 Å². The number of fused-ring (bicyclic) bond motifs is 1. The fourth-order valence-corrected chi connectivity index (χ4v) is 2.30. The van der Waals surface area contributed by atoms with Crippen molar-refractivity contribution in [1.29, 1.82) is 0 Å². The molecule has 1 aromatic carbocycles. The van der Waals surface area contributed by atoms with Gasteiger partial charge in [0.15, 0.2) is 0 Å². The second-order valence-corrected chi connectivity index (χ2v) is 4.63. The Hall–Kier alpha value is -2.82. The van der Waals surface area contributed by atoms with E-state index in [1.54, 1.807) is 18.6 Å². The number of aromatic amines is 1. The second-order valence-electron chi connectivity index (χ2n) is 4.63. The van der Waals surface area contributed by atoms with E-state index in [4.69, 9.17) is 4.74 Å². The smallest absolute Gasteiger partial charge is 0.340 e. The van der Waals surface area contributed by atoms with Gasteiger partial charge in [-0.2, -0.15) is 0 Å². The quantitative estimate of drug-likeness (QED) is 0.721. The molecule has 106 valence electrons.